The van der Waals surface area contributed by atoms with Crippen molar-refractivity contribution in [3.63, 3.8) is 0 Å². The number of benzene rings is 1. The number of amides is 2. The number of piperidine rings is 1. The fourth-order valence-corrected chi connectivity index (χ4v) is 4.74. The van der Waals surface area contributed by atoms with Crippen LogP contribution >= 0.6 is 11.3 Å². The van der Waals surface area contributed by atoms with Gasteiger partial charge in [-0.25, -0.2) is 0 Å². The maximum absolute atomic E-state index is 13.4. The standard InChI is InChI=1S/C22H24N2O4S/c1-28-17-8-6-15(7-9-17)13-24-21(26)19(18-5-3-11-29-18)20(22(24)27)23-10-2-4-16(12-23)14-25/h3,5-9,11,16,25H,2,4,10,12-14H2,1H3. The average Bonchev–Trinajstić information content (AvgIpc) is 3.36. The highest BCUT2D eigenvalue weighted by Crippen LogP contribution is 2.36. The molecule has 1 N–H and O–H groups in total. The number of ether oxygens (including phenoxy) is 1. The number of carbonyl (C=O) groups excluding carboxylic acids is 2. The number of hydrogen-bond acceptors (Lipinski definition) is 6. The fourth-order valence-electron chi connectivity index (χ4n) is 3.97. The summed E-state index contributed by atoms with van der Waals surface area (Å²) in [6.45, 7) is 1.62. The van der Waals surface area contributed by atoms with Crippen LogP contribution in [0, 0.1) is 5.92 Å². The van der Waals surface area contributed by atoms with E-state index in [1.165, 1.54) is 16.2 Å². The molecule has 2 amide bonds. The molecular weight excluding hydrogens is 388 g/mol. The lowest BCUT2D eigenvalue weighted by atomic mass is 9.98. The monoisotopic (exact) mass is 412 g/mol. The molecule has 0 spiro atoms. The second-order valence-electron chi connectivity index (χ2n) is 7.38. The number of methoxy groups -OCH3 is 1. The number of thiophene rings is 1. The first-order valence-electron chi connectivity index (χ1n) is 9.75. The second-order valence-corrected chi connectivity index (χ2v) is 8.33. The molecule has 6 nitrogen and oxygen atoms in total. The molecule has 1 fully saturated rings. The summed E-state index contributed by atoms with van der Waals surface area (Å²) in [5, 5.41) is 11.5. The number of rotatable bonds is 6. The molecule has 2 aromatic rings. The Morgan fingerprint density at radius 3 is 2.62 bits per heavy atom. The molecule has 1 aromatic carbocycles. The van der Waals surface area contributed by atoms with Gasteiger partial charge in [-0.2, -0.15) is 0 Å². The van der Waals surface area contributed by atoms with Gasteiger partial charge in [0.2, 0.25) is 0 Å². The van der Waals surface area contributed by atoms with E-state index in [9.17, 15) is 14.7 Å². The minimum atomic E-state index is -0.257. The number of likely N-dealkylation sites (tertiary alicyclic amines) is 1. The predicted molar refractivity (Wildman–Crippen MR) is 111 cm³/mol. The summed E-state index contributed by atoms with van der Waals surface area (Å²) in [4.78, 5) is 30.8. The van der Waals surface area contributed by atoms with Gasteiger partial charge in [-0.15, -0.1) is 11.3 Å². The first kappa shape index (κ1) is 19.7. The first-order valence-corrected chi connectivity index (χ1v) is 10.6. The Bertz CT molecular complexity index is 921. The van der Waals surface area contributed by atoms with E-state index in [2.05, 4.69) is 0 Å². The third kappa shape index (κ3) is 3.80. The zero-order valence-electron chi connectivity index (χ0n) is 16.3. The second kappa shape index (κ2) is 8.39. The van der Waals surface area contributed by atoms with E-state index >= 15 is 0 Å². The molecule has 0 aliphatic carbocycles. The number of hydrogen-bond donors (Lipinski definition) is 1. The van der Waals surface area contributed by atoms with Crippen LogP contribution in [-0.2, 0) is 16.1 Å². The largest absolute Gasteiger partial charge is 0.497 e. The summed E-state index contributed by atoms with van der Waals surface area (Å²) in [5.74, 6) is 0.343. The van der Waals surface area contributed by atoms with Gasteiger partial charge in [0.25, 0.3) is 11.8 Å². The van der Waals surface area contributed by atoms with Crippen molar-refractivity contribution in [3.05, 3.63) is 57.9 Å². The number of carbonyl (C=O) groups is 2. The lowest BCUT2D eigenvalue weighted by Gasteiger charge is -2.34. The van der Waals surface area contributed by atoms with Gasteiger partial charge in [0.15, 0.2) is 0 Å². The van der Waals surface area contributed by atoms with Gasteiger partial charge in [0, 0.05) is 24.6 Å². The average molecular weight is 413 g/mol. The lowest BCUT2D eigenvalue weighted by molar-refractivity contribution is -0.138. The molecule has 0 bridgehead atoms. The van der Waals surface area contributed by atoms with Crippen molar-refractivity contribution >= 4 is 28.7 Å². The first-order chi connectivity index (χ1) is 14.1. The van der Waals surface area contributed by atoms with Crippen LogP contribution in [-0.4, -0.2) is 53.5 Å². The van der Waals surface area contributed by atoms with Gasteiger partial charge in [-0.3, -0.25) is 14.5 Å². The van der Waals surface area contributed by atoms with Gasteiger partial charge >= 0.3 is 0 Å². The predicted octanol–water partition coefficient (Wildman–Crippen LogP) is 2.74. The summed E-state index contributed by atoms with van der Waals surface area (Å²) in [5.41, 5.74) is 1.83. The summed E-state index contributed by atoms with van der Waals surface area (Å²) >= 11 is 1.46. The normalized spacial score (nSPS) is 20.0. The molecule has 152 valence electrons. The van der Waals surface area contributed by atoms with Gasteiger partial charge in [0.05, 0.1) is 19.2 Å². The van der Waals surface area contributed by atoms with E-state index in [4.69, 9.17) is 4.74 Å². The highest BCUT2D eigenvalue weighted by molar-refractivity contribution is 7.11. The molecule has 1 aromatic heterocycles. The Kier molecular flexibility index (Phi) is 5.69. The molecule has 7 heteroatoms. The Morgan fingerprint density at radius 2 is 1.97 bits per heavy atom. The van der Waals surface area contributed by atoms with E-state index in [0.717, 1.165) is 35.6 Å². The van der Waals surface area contributed by atoms with E-state index < -0.39 is 0 Å². The van der Waals surface area contributed by atoms with Gasteiger partial charge in [-0.05, 0) is 47.9 Å². The zero-order valence-corrected chi connectivity index (χ0v) is 17.2. The van der Waals surface area contributed by atoms with Crippen molar-refractivity contribution in [2.45, 2.75) is 19.4 Å². The number of aliphatic hydroxyl groups excluding tert-OH is 1. The summed E-state index contributed by atoms with van der Waals surface area (Å²) in [6.07, 6.45) is 1.83. The molecule has 2 aliphatic rings. The molecule has 3 heterocycles. The summed E-state index contributed by atoms with van der Waals surface area (Å²) in [7, 11) is 1.60. The third-order valence-electron chi connectivity index (χ3n) is 5.50. The van der Waals surface area contributed by atoms with E-state index in [-0.39, 0.29) is 30.9 Å². The molecule has 0 radical (unpaired) electrons. The van der Waals surface area contributed by atoms with Crippen LogP contribution in [0.2, 0.25) is 0 Å². The molecule has 1 saturated heterocycles. The van der Waals surface area contributed by atoms with Gasteiger partial charge < -0.3 is 14.7 Å². The number of nitrogens with zero attached hydrogens (tertiary/aromatic N) is 2. The highest BCUT2D eigenvalue weighted by atomic mass is 32.1. The smallest absolute Gasteiger partial charge is 0.278 e. The maximum atomic E-state index is 13.4. The van der Waals surface area contributed by atoms with E-state index in [1.807, 2.05) is 46.7 Å². The molecule has 29 heavy (non-hydrogen) atoms. The quantitative estimate of drug-likeness (QED) is 0.739. The van der Waals surface area contributed by atoms with Gasteiger partial charge in [-0.1, -0.05) is 18.2 Å². The van der Waals surface area contributed by atoms with Crippen molar-refractivity contribution in [3.8, 4) is 5.75 Å². The van der Waals surface area contributed by atoms with Crippen molar-refractivity contribution in [2.24, 2.45) is 5.92 Å². The SMILES string of the molecule is COc1ccc(CN2C(=O)C(c3cccs3)=C(N3CCCC(CO)C3)C2=O)cc1. The minimum absolute atomic E-state index is 0.0931. The minimum Gasteiger partial charge on any atom is -0.497 e. The van der Waals surface area contributed by atoms with E-state index in [1.54, 1.807) is 7.11 Å². The lowest BCUT2D eigenvalue weighted by Crippen LogP contribution is -2.40. The Labute approximate surface area is 174 Å². The molecule has 1 atom stereocenters. The van der Waals surface area contributed by atoms with Crippen molar-refractivity contribution in [1.82, 2.24) is 9.80 Å². The molecule has 4 rings (SSSR count). The zero-order chi connectivity index (χ0) is 20.4. The fraction of sp³-hybridized carbons (Fsp3) is 0.364. The maximum Gasteiger partial charge on any atom is 0.278 e. The van der Waals surface area contributed by atoms with Crippen LogP contribution in [0.25, 0.3) is 5.57 Å². The van der Waals surface area contributed by atoms with Crippen molar-refractivity contribution in [2.75, 3.05) is 26.8 Å². The van der Waals surface area contributed by atoms with Gasteiger partial charge in [0.1, 0.15) is 11.4 Å². The van der Waals surface area contributed by atoms with Crippen LogP contribution in [0.5, 0.6) is 5.75 Å². The highest BCUT2D eigenvalue weighted by Gasteiger charge is 2.42. The topological polar surface area (TPSA) is 70.1 Å². The Morgan fingerprint density at radius 1 is 1.17 bits per heavy atom. The molecule has 2 aliphatic heterocycles. The van der Waals surface area contributed by atoms with Crippen molar-refractivity contribution < 1.29 is 19.4 Å². The number of imide groups is 1. The summed E-state index contributed by atoms with van der Waals surface area (Å²) in [6, 6.07) is 11.2. The summed E-state index contributed by atoms with van der Waals surface area (Å²) < 4.78 is 5.18. The Balaban J connectivity index is 1.66. The van der Waals surface area contributed by atoms with Crippen LogP contribution in [0.15, 0.2) is 47.5 Å². The third-order valence-corrected chi connectivity index (χ3v) is 6.39. The van der Waals surface area contributed by atoms with Crippen LogP contribution < -0.4 is 4.74 Å². The van der Waals surface area contributed by atoms with Crippen LogP contribution in [0.1, 0.15) is 23.3 Å². The van der Waals surface area contributed by atoms with Crippen molar-refractivity contribution in [1.29, 1.82) is 0 Å². The molecular formula is C22H24N2O4S. The molecule has 0 saturated carbocycles. The van der Waals surface area contributed by atoms with Crippen LogP contribution in [0.4, 0.5) is 0 Å². The van der Waals surface area contributed by atoms with Crippen LogP contribution in [0.3, 0.4) is 0 Å². The molecule has 1 unspecified atom stereocenters. The Hall–Kier alpha value is -2.64. The number of aliphatic hydroxyl groups is 1. The van der Waals surface area contributed by atoms with E-state index in [0.29, 0.717) is 17.8 Å².